The topological polar surface area (TPSA) is 54.9 Å². The Kier molecular flexibility index (Phi) is 3.49. The summed E-state index contributed by atoms with van der Waals surface area (Å²) in [6, 6.07) is 3.84. The summed E-state index contributed by atoms with van der Waals surface area (Å²) in [5.74, 6) is -0.115. The van der Waals surface area contributed by atoms with E-state index in [0.29, 0.717) is 11.6 Å². The van der Waals surface area contributed by atoms with Crippen molar-refractivity contribution in [3.63, 3.8) is 0 Å². The van der Waals surface area contributed by atoms with Crippen molar-refractivity contribution in [2.75, 3.05) is 6.54 Å². The van der Waals surface area contributed by atoms with E-state index in [1.54, 1.807) is 12.4 Å². The molecular weight excluding hydrogens is 234 g/mol. The molecule has 1 N–H and O–H groups in total. The van der Waals surface area contributed by atoms with Gasteiger partial charge in [-0.25, -0.2) is 4.98 Å². The van der Waals surface area contributed by atoms with Gasteiger partial charge in [-0.05, 0) is 19.9 Å². The summed E-state index contributed by atoms with van der Waals surface area (Å²) in [4.78, 5) is 21.0. The number of carbonyl (C=O) groups excluding carboxylic acids is 1. The van der Waals surface area contributed by atoms with E-state index in [1.165, 1.54) is 11.3 Å². The smallest absolute Gasteiger partial charge is 0.280 e. The van der Waals surface area contributed by atoms with Gasteiger partial charge in [0, 0.05) is 24.5 Å². The van der Waals surface area contributed by atoms with Gasteiger partial charge in [0.1, 0.15) is 0 Å². The lowest BCUT2D eigenvalue weighted by Gasteiger charge is -1.96. The average molecular weight is 247 g/mol. The molecule has 0 radical (unpaired) electrons. The minimum absolute atomic E-state index is 0.115. The van der Waals surface area contributed by atoms with Crippen molar-refractivity contribution in [1.29, 1.82) is 0 Å². The second kappa shape index (κ2) is 5.05. The summed E-state index contributed by atoms with van der Waals surface area (Å²) in [6.45, 7) is 4.40. The van der Waals surface area contributed by atoms with Crippen LogP contribution in [0.3, 0.4) is 0 Å². The predicted molar refractivity (Wildman–Crippen MR) is 68.1 cm³/mol. The minimum Gasteiger partial charge on any atom is -0.350 e. The fraction of sp³-hybridized carbons (Fsp3) is 0.250. The highest BCUT2D eigenvalue weighted by Gasteiger charge is 2.14. The van der Waals surface area contributed by atoms with Gasteiger partial charge >= 0.3 is 0 Å². The molecule has 0 bridgehead atoms. The summed E-state index contributed by atoms with van der Waals surface area (Å²) < 4.78 is 0. The third-order valence-corrected chi connectivity index (χ3v) is 3.46. The van der Waals surface area contributed by atoms with Gasteiger partial charge in [-0.1, -0.05) is 6.07 Å². The lowest BCUT2D eigenvalue weighted by molar-refractivity contribution is 0.0955. The molecule has 0 aliphatic carbocycles. The first-order chi connectivity index (χ1) is 8.22. The Balaban J connectivity index is 2.35. The van der Waals surface area contributed by atoms with Gasteiger partial charge in [0.15, 0.2) is 5.01 Å². The van der Waals surface area contributed by atoms with Crippen LogP contribution < -0.4 is 5.32 Å². The quantitative estimate of drug-likeness (QED) is 0.905. The Morgan fingerprint density at radius 1 is 1.53 bits per heavy atom. The predicted octanol–water partition coefficient (Wildman–Crippen LogP) is 2.26. The van der Waals surface area contributed by atoms with Crippen LogP contribution in [0.1, 0.15) is 22.4 Å². The third-order valence-electron chi connectivity index (χ3n) is 2.25. The number of nitrogens with one attached hydrogen (secondary N) is 1. The Morgan fingerprint density at radius 2 is 2.35 bits per heavy atom. The maximum atomic E-state index is 11.7. The second-order valence-corrected chi connectivity index (χ2v) is 4.53. The standard InChI is InChI=1S/C12H13N3OS/c1-3-14-11(16)12-15-8(2)10(17-12)9-5-4-6-13-7-9/h4-7H,3H2,1-2H3,(H,14,16). The number of carbonyl (C=O) groups is 1. The molecule has 4 nitrogen and oxygen atoms in total. The Morgan fingerprint density at radius 3 is 3.00 bits per heavy atom. The molecule has 0 unspecified atom stereocenters. The van der Waals surface area contributed by atoms with Gasteiger partial charge in [0.25, 0.3) is 5.91 Å². The molecule has 1 amide bonds. The van der Waals surface area contributed by atoms with Crippen molar-refractivity contribution >= 4 is 17.2 Å². The summed E-state index contributed by atoms with van der Waals surface area (Å²) in [6.07, 6.45) is 3.51. The molecule has 2 rings (SSSR count). The number of thiazole rings is 1. The lowest BCUT2D eigenvalue weighted by atomic mass is 10.2. The molecule has 17 heavy (non-hydrogen) atoms. The van der Waals surface area contributed by atoms with E-state index in [-0.39, 0.29) is 5.91 Å². The number of pyridine rings is 1. The van der Waals surface area contributed by atoms with E-state index < -0.39 is 0 Å². The number of nitrogens with zero attached hydrogens (tertiary/aromatic N) is 2. The van der Waals surface area contributed by atoms with Crippen LogP contribution in [0.2, 0.25) is 0 Å². The number of hydrogen-bond donors (Lipinski definition) is 1. The maximum Gasteiger partial charge on any atom is 0.280 e. The first-order valence-corrected chi connectivity index (χ1v) is 6.20. The highest BCUT2D eigenvalue weighted by molar-refractivity contribution is 7.17. The molecule has 0 aliphatic rings. The van der Waals surface area contributed by atoms with Gasteiger partial charge in [-0.3, -0.25) is 9.78 Å². The van der Waals surface area contributed by atoms with Crippen molar-refractivity contribution in [2.45, 2.75) is 13.8 Å². The van der Waals surface area contributed by atoms with Crippen LogP contribution in [-0.4, -0.2) is 22.4 Å². The van der Waals surface area contributed by atoms with Crippen LogP contribution in [0.5, 0.6) is 0 Å². The van der Waals surface area contributed by atoms with E-state index in [0.717, 1.165) is 16.1 Å². The van der Waals surface area contributed by atoms with Gasteiger partial charge in [-0.15, -0.1) is 11.3 Å². The van der Waals surface area contributed by atoms with Crippen molar-refractivity contribution < 1.29 is 4.79 Å². The number of amides is 1. The first-order valence-electron chi connectivity index (χ1n) is 5.38. The Labute approximate surface area is 104 Å². The molecular formula is C12H13N3OS. The maximum absolute atomic E-state index is 11.7. The number of aryl methyl sites for hydroxylation is 1. The zero-order valence-corrected chi connectivity index (χ0v) is 10.5. The summed E-state index contributed by atoms with van der Waals surface area (Å²) in [5, 5.41) is 3.25. The van der Waals surface area contributed by atoms with Crippen LogP contribution in [0, 0.1) is 6.92 Å². The minimum atomic E-state index is -0.115. The van der Waals surface area contributed by atoms with E-state index in [2.05, 4.69) is 15.3 Å². The molecule has 2 heterocycles. The van der Waals surface area contributed by atoms with Crippen LogP contribution in [0.15, 0.2) is 24.5 Å². The van der Waals surface area contributed by atoms with Crippen LogP contribution >= 0.6 is 11.3 Å². The molecule has 0 spiro atoms. The fourth-order valence-corrected chi connectivity index (χ4v) is 2.47. The van der Waals surface area contributed by atoms with Gasteiger partial charge < -0.3 is 5.32 Å². The zero-order valence-electron chi connectivity index (χ0n) is 9.73. The largest absolute Gasteiger partial charge is 0.350 e. The zero-order chi connectivity index (χ0) is 12.3. The highest BCUT2D eigenvalue weighted by Crippen LogP contribution is 2.29. The second-order valence-electron chi connectivity index (χ2n) is 3.53. The first kappa shape index (κ1) is 11.7. The van der Waals surface area contributed by atoms with Gasteiger partial charge in [0.2, 0.25) is 0 Å². The molecule has 2 aromatic rings. The molecule has 0 saturated heterocycles. The summed E-state index contributed by atoms with van der Waals surface area (Å²) in [5.41, 5.74) is 1.86. The van der Waals surface area contributed by atoms with Gasteiger partial charge in [-0.2, -0.15) is 0 Å². The highest BCUT2D eigenvalue weighted by atomic mass is 32.1. The van der Waals surface area contributed by atoms with Crippen molar-refractivity contribution in [3.05, 3.63) is 35.2 Å². The van der Waals surface area contributed by atoms with E-state index in [1.807, 2.05) is 26.0 Å². The van der Waals surface area contributed by atoms with E-state index >= 15 is 0 Å². The van der Waals surface area contributed by atoms with Crippen LogP contribution in [0.4, 0.5) is 0 Å². The number of hydrogen-bond acceptors (Lipinski definition) is 4. The van der Waals surface area contributed by atoms with Gasteiger partial charge in [0.05, 0.1) is 10.6 Å². The average Bonchev–Trinajstić information content (AvgIpc) is 2.73. The van der Waals surface area contributed by atoms with Crippen molar-refractivity contribution in [2.24, 2.45) is 0 Å². The van der Waals surface area contributed by atoms with E-state index in [9.17, 15) is 4.79 Å². The molecule has 0 aliphatic heterocycles. The monoisotopic (exact) mass is 247 g/mol. The number of rotatable bonds is 3. The molecule has 0 saturated carbocycles. The molecule has 0 aromatic carbocycles. The SMILES string of the molecule is CCNC(=O)c1nc(C)c(-c2cccnc2)s1. The molecule has 88 valence electrons. The normalized spacial score (nSPS) is 10.2. The number of aromatic nitrogens is 2. The Hall–Kier alpha value is -1.75. The summed E-state index contributed by atoms with van der Waals surface area (Å²) in [7, 11) is 0. The summed E-state index contributed by atoms with van der Waals surface area (Å²) >= 11 is 1.40. The Bertz CT molecular complexity index is 522. The molecule has 0 atom stereocenters. The fourth-order valence-electron chi connectivity index (χ4n) is 1.49. The molecule has 0 fully saturated rings. The van der Waals surface area contributed by atoms with Crippen LogP contribution in [-0.2, 0) is 0 Å². The molecule has 5 heteroatoms. The lowest BCUT2D eigenvalue weighted by Crippen LogP contribution is -2.22. The molecule has 2 aromatic heterocycles. The third kappa shape index (κ3) is 2.50. The van der Waals surface area contributed by atoms with Crippen LogP contribution in [0.25, 0.3) is 10.4 Å². The van der Waals surface area contributed by atoms with Crippen molar-refractivity contribution in [3.8, 4) is 10.4 Å². The van der Waals surface area contributed by atoms with Crippen molar-refractivity contribution in [1.82, 2.24) is 15.3 Å². The van der Waals surface area contributed by atoms with E-state index in [4.69, 9.17) is 0 Å².